The molecule has 0 atom stereocenters. The van der Waals surface area contributed by atoms with Crippen LogP contribution >= 0.6 is 0 Å². The van der Waals surface area contributed by atoms with Crippen molar-refractivity contribution in [3.05, 3.63) is 29.3 Å². The molecule has 0 radical (unpaired) electrons. The van der Waals surface area contributed by atoms with Gasteiger partial charge in [0.2, 0.25) is 0 Å². The molecular weight excluding hydrogens is 230 g/mol. The summed E-state index contributed by atoms with van der Waals surface area (Å²) in [7, 11) is 0. The Morgan fingerprint density at radius 1 is 1.39 bits per heavy atom. The number of hydrogen-bond acceptors (Lipinski definition) is 3. The van der Waals surface area contributed by atoms with Gasteiger partial charge in [0.1, 0.15) is 5.75 Å². The van der Waals surface area contributed by atoms with Crippen molar-refractivity contribution in [2.24, 2.45) is 0 Å². The number of ether oxygens (including phenoxy) is 1. The zero-order valence-electron chi connectivity index (χ0n) is 11.4. The number of aryl methyl sites for hydroxylation is 2. The highest BCUT2D eigenvalue weighted by molar-refractivity contribution is 5.78. The molecule has 2 N–H and O–H groups in total. The Bertz CT molecular complexity index is 427. The molecule has 18 heavy (non-hydrogen) atoms. The van der Waals surface area contributed by atoms with Crippen LogP contribution in [0.15, 0.2) is 18.2 Å². The quantitative estimate of drug-likeness (QED) is 0.835. The number of nitrogens with one attached hydrogen (secondary N) is 1. The molecule has 1 amide bonds. The second kappa shape index (κ2) is 5.87. The predicted molar refractivity (Wildman–Crippen MR) is 70.7 cm³/mol. The van der Waals surface area contributed by atoms with Crippen molar-refractivity contribution in [1.29, 1.82) is 0 Å². The van der Waals surface area contributed by atoms with Crippen LogP contribution in [0.5, 0.6) is 5.75 Å². The van der Waals surface area contributed by atoms with E-state index in [9.17, 15) is 4.79 Å². The number of benzene rings is 1. The van der Waals surface area contributed by atoms with Crippen LogP contribution in [0.4, 0.5) is 0 Å². The lowest BCUT2D eigenvalue weighted by atomic mass is 10.1. The molecule has 1 aromatic carbocycles. The molecule has 0 fully saturated rings. The summed E-state index contributed by atoms with van der Waals surface area (Å²) < 4.78 is 5.48. The fourth-order valence-electron chi connectivity index (χ4n) is 1.46. The van der Waals surface area contributed by atoms with Gasteiger partial charge in [-0.15, -0.1) is 0 Å². The SMILES string of the molecule is Cc1ccc(C)c(OCC(=O)NC(C)(C)CO)c1. The van der Waals surface area contributed by atoms with E-state index < -0.39 is 5.54 Å². The number of aliphatic hydroxyl groups is 1. The molecule has 1 rings (SSSR count). The number of rotatable bonds is 5. The standard InChI is InChI=1S/C14H21NO3/c1-10-5-6-11(2)12(7-10)18-8-13(17)15-14(3,4)9-16/h5-7,16H,8-9H2,1-4H3,(H,15,17). The molecule has 0 unspecified atom stereocenters. The number of hydrogen-bond donors (Lipinski definition) is 2. The topological polar surface area (TPSA) is 58.6 Å². The van der Waals surface area contributed by atoms with Crippen LogP contribution in [0.25, 0.3) is 0 Å². The van der Waals surface area contributed by atoms with Crippen LogP contribution in [0, 0.1) is 13.8 Å². The van der Waals surface area contributed by atoms with Crippen LogP contribution in [-0.4, -0.2) is 29.8 Å². The second-order valence-electron chi connectivity index (χ2n) is 5.15. The van der Waals surface area contributed by atoms with Crippen molar-refractivity contribution in [3.63, 3.8) is 0 Å². The van der Waals surface area contributed by atoms with E-state index in [0.717, 1.165) is 11.1 Å². The maximum absolute atomic E-state index is 11.6. The predicted octanol–water partition coefficient (Wildman–Crippen LogP) is 1.57. The maximum atomic E-state index is 11.6. The zero-order chi connectivity index (χ0) is 13.8. The molecule has 4 nitrogen and oxygen atoms in total. The van der Waals surface area contributed by atoms with Gasteiger partial charge in [0.25, 0.3) is 5.91 Å². The molecule has 1 aromatic rings. The number of carbonyl (C=O) groups excluding carboxylic acids is 1. The molecule has 0 saturated carbocycles. The van der Waals surface area contributed by atoms with E-state index >= 15 is 0 Å². The molecule has 0 saturated heterocycles. The van der Waals surface area contributed by atoms with Crippen molar-refractivity contribution in [2.45, 2.75) is 33.2 Å². The molecule has 0 aliphatic rings. The third-order valence-corrected chi connectivity index (χ3v) is 2.58. The minimum Gasteiger partial charge on any atom is -0.483 e. The Morgan fingerprint density at radius 2 is 2.06 bits per heavy atom. The van der Waals surface area contributed by atoms with Crippen molar-refractivity contribution in [2.75, 3.05) is 13.2 Å². The van der Waals surface area contributed by atoms with Crippen molar-refractivity contribution < 1.29 is 14.6 Å². The average Bonchev–Trinajstić information content (AvgIpc) is 2.30. The fourth-order valence-corrected chi connectivity index (χ4v) is 1.46. The molecule has 4 heteroatoms. The highest BCUT2D eigenvalue weighted by Gasteiger charge is 2.19. The Labute approximate surface area is 108 Å². The lowest BCUT2D eigenvalue weighted by Crippen LogP contribution is -2.48. The average molecular weight is 251 g/mol. The normalized spacial score (nSPS) is 11.2. The van der Waals surface area contributed by atoms with Gasteiger partial charge in [-0.2, -0.15) is 0 Å². The van der Waals surface area contributed by atoms with Gasteiger partial charge in [0.15, 0.2) is 6.61 Å². The van der Waals surface area contributed by atoms with E-state index in [1.807, 2.05) is 32.0 Å². The van der Waals surface area contributed by atoms with Crippen LogP contribution in [0.3, 0.4) is 0 Å². The lowest BCUT2D eigenvalue weighted by molar-refractivity contribution is -0.125. The Balaban J connectivity index is 2.55. The Morgan fingerprint density at radius 3 is 2.67 bits per heavy atom. The van der Waals surface area contributed by atoms with Crippen LogP contribution in [0.1, 0.15) is 25.0 Å². The van der Waals surface area contributed by atoms with E-state index in [4.69, 9.17) is 9.84 Å². The second-order valence-corrected chi connectivity index (χ2v) is 5.15. The fraction of sp³-hybridized carbons (Fsp3) is 0.500. The summed E-state index contributed by atoms with van der Waals surface area (Å²) in [5.41, 5.74) is 1.46. The number of amides is 1. The molecular formula is C14H21NO3. The summed E-state index contributed by atoms with van der Waals surface area (Å²) >= 11 is 0. The van der Waals surface area contributed by atoms with Gasteiger partial charge in [-0.1, -0.05) is 12.1 Å². The molecule has 0 heterocycles. The minimum atomic E-state index is -0.623. The Hall–Kier alpha value is -1.55. The molecule has 100 valence electrons. The van der Waals surface area contributed by atoms with Gasteiger partial charge in [-0.25, -0.2) is 0 Å². The number of carbonyl (C=O) groups is 1. The van der Waals surface area contributed by atoms with Crippen LogP contribution in [-0.2, 0) is 4.79 Å². The molecule has 0 spiro atoms. The monoisotopic (exact) mass is 251 g/mol. The highest BCUT2D eigenvalue weighted by Crippen LogP contribution is 2.18. The van der Waals surface area contributed by atoms with Gasteiger partial charge >= 0.3 is 0 Å². The molecule has 0 aliphatic carbocycles. The smallest absolute Gasteiger partial charge is 0.258 e. The van der Waals surface area contributed by atoms with Crippen LogP contribution < -0.4 is 10.1 Å². The molecule has 0 aromatic heterocycles. The molecule has 0 aliphatic heterocycles. The van der Waals surface area contributed by atoms with Crippen molar-refractivity contribution in [3.8, 4) is 5.75 Å². The first-order valence-electron chi connectivity index (χ1n) is 5.96. The van der Waals surface area contributed by atoms with E-state index in [2.05, 4.69) is 5.32 Å². The third-order valence-electron chi connectivity index (χ3n) is 2.58. The van der Waals surface area contributed by atoms with Gasteiger partial charge in [-0.3, -0.25) is 4.79 Å². The van der Waals surface area contributed by atoms with Gasteiger partial charge in [0, 0.05) is 0 Å². The van der Waals surface area contributed by atoms with E-state index in [1.54, 1.807) is 13.8 Å². The Kier molecular flexibility index (Phi) is 4.73. The van der Waals surface area contributed by atoms with Gasteiger partial charge < -0.3 is 15.2 Å². The summed E-state index contributed by atoms with van der Waals surface area (Å²) in [6.07, 6.45) is 0. The minimum absolute atomic E-state index is 0.0479. The third kappa shape index (κ3) is 4.37. The summed E-state index contributed by atoms with van der Waals surface area (Å²) in [5, 5.41) is 11.7. The summed E-state index contributed by atoms with van der Waals surface area (Å²) in [5.74, 6) is 0.474. The first kappa shape index (κ1) is 14.5. The summed E-state index contributed by atoms with van der Waals surface area (Å²) in [6, 6.07) is 5.86. The van der Waals surface area contributed by atoms with E-state index in [-0.39, 0.29) is 19.1 Å². The first-order chi connectivity index (χ1) is 8.34. The van der Waals surface area contributed by atoms with Crippen molar-refractivity contribution in [1.82, 2.24) is 5.32 Å². The largest absolute Gasteiger partial charge is 0.483 e. The molecule has 0 bridgehead atoms. The van der Waals surface area contributed by atoms with Crippen molar-refractivity contribution >= 4 is 5.91 Å². The maximum Gasteiger partial charge on any atom is 0.258 e. The highest BCUT2D eigenvalue weighted by atomic mass is 16.5. The lowest BCUT2D eigenvalue weighted by Gasteiger charge is -2.23. The van der Waals surface area contributed by atoms with Gasteiger partial charge in [0.05, 0.1) is 12.1 Å². The van der Waals surface area contributed by atoms with E-state index in [0.29, 0.717) is 5.75 Å². The zero-order valence-corrected chi connectivity index (χ0v) is 11.4. The summed E-state index contributed by atoms with van der Waals surface area (Å²) in [6.45, 7) is 7.26. The summed E-state index contributed by atoms with van der Waals surface area (Å²) in [4.78, 5) is 11.6. The van der Waals surface area contributed by atoms with Crippen LogP contribution in [0.2, 0.25) is 0 Å². The van der Waals surface area contributed by atoms with E-state index in [1.165, 1.54) is 0 Å². The van der Waals surface area contributed by atoms with Gasteiger partial charge in [-0.05, 0) is 44.9 Å². The number of aliphatic hydroxyl groups excluding tert-OH is 1. The first-order valence-corrected chi connectivity index (χ1v) is 5.96.